The van der Waals surface area contributed by atoms with Crippen molar-refractivity contribution in [1.29, 1.82) is 0 Å². The van der Waals surface area contributed by atoms with Crippen molar-refractivity contribution in [3.05, 3.63) is 58.4 Å². The number of terminal acetylenes is 1. The van der Waals surface area contributed by atoms with Crippen molar-refractivity contribution in [2.75, 3.05) is 0 Å². The number of primary sulfonamides is 1. The van der Waals surface area contributed by atoms with E-state index in [1.807, 2.05) is 0 Å². The van der Waals surface area contributed by atoms with Crippen molar-refractivity contribution < 1.29 is 26.4 Å². The second kappa shape index (κ2) is 7.47. The summed E-state index contributed by atoms with van der Waals surface area (Å²) in [6, 6.07) is 7.97. The molecule has 0 radical (unpaired) electrons. The van der Waals surface area contributed by atoms with Crippen molar-refractivity contribution >= 4 is 37.5 Å². The fraction of sp³-hybridized carbons (Fsp3) is 0.111. The van der Waals surface area contributed by atoms with Crippen LogP contribution in [0.1, 0.15) is 15.9 Å². The Hall–Kier alpha value is -2.94. The highest BCUT2D eigenvalue weighted by Gasteiger charge is 2.30. The van der Waals surface area contributed by atoms with Crippen LogP contribution in [0.3, 0.4) is 0 Å². The number of sulfonamides is 1. The number of nitrogens with zero attached hydrogens (tertiary/aromatic N) is 2. The SMILES string of the molecule is C#CCn1c(=NC(=O)c2cccc(C(F)(F)F)c2)sc2cc(S(N)(=O)=O)ccc21. The summed E-state index contributed by atoms with van der Waals surface area (Å²) >= 11 is 0.965. The van der Waals surface area contributed by atoms with Gasteiger partial charge in [0.2, 0.25) is 10.0 Å². The zero-order chi connectivity index (χ0) is 21.4. The Labute approximate surface area is 167 Å². The summed E-state index contributed by atoms with van der Waals surface area (Å²) in [5.41, 5.74) is -0.699. The third-order valence-corrected chi connectivity index (χ3v) is 5.82. The van der Waals surface area contributed by atoms with Crippen LogP contribution in [0.15, 0.2) is 52.4 Å². The molecule has 2 aromatic carbocycles. The van der Waals surface area contributed by atoms with E-state index >= 15 is 0 Å². The van der Waals surface area contributed by atoms with Gasteiger partial charge in [-0.2, -0.15) is 18.2 Å². The summed E-state index contributed by atoms with van der Waals surface area (Å²) in [6.07, 6.45) is 0.759. The molecule has 0 saturated carbocycles. The molecule has 0 aliphatic rings. The highest BCUT2D eigenvalue weighted by atomic mass is 32.2. The molecule has 0 atom stereocenters. The van der Waals surface area contributed by atoms with Crippen LogP contribution >= 0.6 is 11.3 Å². The first-order valence-corrected chi connectivity index (χ1v) is 10.2. The van der Waals surface area contributed by atoms with E-state index in [9.17, 15) is 26.4 Å². The summed E-state index contributed by atoms with van der Waals surface area (Å²) in [7, 11) is -3.94. The minimum Gasteiger partial charge on any atom is -0.305 e. The number of halogens is 3. The van der Waals surface area contributed by atoms with E-state index < -0.39 is 27.7 Å². The number of hydrogen-bond acceptors (Lipinski definition) is 4. The number of carbonyl (C=O) groups is 1. The Kier molecular flexibility index (Phi) is 5.36. The maximum atomic E-state index is 12.9. The van der Waals surface area contributed by atoms with E-state index in [-0.39, 0.29) is 21.8 Å². The second-order valence-electron chi connectivity index (χ2n) is 5.84. The van der Waals surface area contributed by atoms with Gasteiger partial charge in [0.15, 0.2) is 4.80 Å². The highest BCUT2D eigenvalue weighted by Crippen LogP contribution is 2.29. The van der Waals surface area contributed by atoms with Crippen LogP contribution in [0.4, 0.5) is 13.2 Å². The molecule has 0 bridgehead atoms. The summed E-state index contributed by atoms with van der Waals surface area (Å²) in [4.78, 5) is 16.3. The molecule has 1 heterocycles. The standard InChI is InChI=1S/C18H12F3N3O3S2/c1-2-8-24-14-7-6-13(29(22,26)27)10-15(14)28-17(24)23-16(25)11-4-3-5-12(9-11)18(19,20)21/h1,3-7,9-10H,8H2,(H2,22,26,27). The normalized spacial score (nSPS) is 12.9. The first kappa shape index (κ1) is 20.8. The molecule has 11 heteroatoms. The van der Waals surface area contributed by atoms with Gasteiger partial charge in [-0.1, -0.05) is 23.3 Å². The van der Waals surface area contributed by atoms with E-state index in [4.69, 9.17) is 11.6 Å². The molecule has 1 amide bonds. The Morgan fingerprint density at radius 2 is 1.97 bits per heavy atom. The van der Waals surface area contributed by atoms with Crippen molar-refractivity contribution in [2.24, 2.45) is 10.1 Å². The lowest BCUT2D eigenvalue weighted by atomic mass is 10.1. The van der Waals surface area contributed by atoms with Crippen LogP contribution in [0.25, 0.3) is 10.2 Å². The van der Waals surface area contributed by atoms with Crippen molar-refractivity contribution in [1.82, 2.24) is 4.57 Å². The third-order valence-electron chi connectivity index (χ3n) is 3.87. The van der Waals surface area contributed by atoms with Gasteiger partial charge in [-0.15, -0.1) is 6.42 Å². The number of aromatic nitrogens is 1. The van der Waals surface area contributed by atoms with Crippen molar-refractivity contribution in [3.63, 3.8) is 0 Å². The summed E-state index contributed by atoms with van der Waals surface area (Å²) in [6.45, 7) is 0.0173. The van der Waals surface area contributed by atoms with Crippen LogP contribution in [-0.4, -0.2) is 18.9 Å². The van der Waals surface area contributed by atoms with Gasteiger partial charge in [0.1, 0.15) is 0 Å². The minimum atomic E-state index is -4.60. The number of benzene rings is 2. The minimum absolute atomic E-state index is 0.0173. The maximum Gasteiger partial charge on any atom is 0.416 e. The zero-order valence-electron chi connectivity index (χ0n) is 14.5. The van der Waals surface area contributed by atoms with E-state index in [1.165, 1.54) is 28.8 Å². The van der Waals surface area contributed by atoms with Crippen LogP contribution in [0.5, 0.6) is 0 Å². The largest absolute Gasteiger partial charge is 0.416 e. The number of rotatable bonds is 3. The first-order chi connectivity index (χ1) is 13.5. The monoisotopic (exact) mass is 439 g/mol. The van der Waals surface area contributed by atoms with Gasteiger partial charge < -0.3 is 4.57 Å². The Balaban J connectivity index is 2.15. The van der Waals surface area contributed by atoms with Crippen molar-refractivity contribution in [2.45, 2.75) is 17.6 Å². The molecule has 1 aromatic heterocycles. The van der Waals surface area contributed by atoms with Gasteiger partial charge >= 0.3 is 6.18 Å². The van der Waals surface area contributed by atoms with Crippen LogP contribution < -0.4 is 9.94 Å². The quantitative estimate of drug-likeness (QED) is 0.636. The predicted octanol–water partition coefficient (Wildman–Crippen LogP) is 2.74. The topological polar surface area (TPSA) is 94.5 Å². The van der Waals surface area contributed by atoms with Gasteiger partial charge in [0.25, 0.3) is 5.91 Å². The van der Waals surface area contributed by atoms with E-state index in [1.54, 1.807) is 0 Å². The molecule has 0 spiro atoms. The van der Waals surface area contributed by atoms with Gasteiger partial charge in [0.05, 0.1) is 27.2 Å². The average molecular weight is 439 g/mol. The number of fused-ring (bicyclic) bond motifs is 1. The molecule has 2 N–H and O–H groups in total. The number of alkyl halides is 3. The van der Waals surface area contributed by atoms with Gasteiger partial charge in [0, 0.05) is 5.56 Å². The summed E-state index contributed by atoms with van der Waals surface area (Å²) in [5.74, 6) is 1.51. The molecule has 29 heavy (non-hydrogen) atoms. The number of carbonyl (C=O) groups excluding carboxylic acids is 1. The maximum absolute atomic E-state index is 12.9. The fourth-order valence-corrected chi connectivity index (χ4v) is 4.22. The Bertz CT molecular complexity index is 1330. The predicted molar refractivity (Wildman–Crippen MR) is 101 cm³/mol. The molecule has 0 aliphatic carbocycles. The van der Waals surface area contributed by atoms with Crippen LogP contribution in [-0.2, 0) is 22.7 Å². The smallest absolute Gasteiger partial charge is 0.305 e. The summed E-state index contributed by atoms with van der Waals surface area (Å²) < 4.78 is 63.6. The van der Waals surface area contributed by atoms with Crippen LogP contribution in [0, 0.1) is 12.3 Å². The number of nitrogens with two attached hydrogens (primary N) is 1. The molecular weight excluding hydrogens is 427 g/mol. The lowest BCUT2D eigenvalue weighted by Gasteiger charge is -2.06. The van der Waals surface area contributed by atoms with Gasteiger partial charge in [-0.05, 0) is 36.4 Å². The molecule has 3 rings (SSSR count). The third kappa shape index (κ3) is 4.40. The fourth-order valence-electron chi connectivity index (χ4n) is 2.54. The van der Waals surface area contributed by atoms with Crippen LogP contribution in [0.2, 0.25) is 0 Å². The molecule has 0 aliphatic heterocycles. The average Bonchev–Trinajstić information content (AvgIpc) is 2.97. The molecule has 0 unspecified atom stereocenters. The number of amides is 1. The highest BCUT2D eigenvalue weighted by molar-refractivity contribution is 7.89. The molecule has 6 nitrogen and oxygen atoms in total. The second-order valence-corrected chi connectivity index (χ2v) is 8.42. The molecule has 0 fully saturated rings. The van der Waals surface area contributed by atoms with Gasteiger partial charge in [-0.25, -0.2) is 13.6 Å². The molecule has 150 valence electrons. The summed E-state index contributed by atoms with van der Waals surface area (Å²) in [5, 5.41) is 5.13. The Morgan fingerprint density at radius 3 is 2.59 bits per heavy atom. The zero-order valence-corrected chi connectivity index (χ0v) is 16.1. The lowest BCUT2D eigenvalue weighted by Crippen LogP contribution is -2.17. The van der Waals surface area contributed by atoms with E-state index in [0.717, 1.165) is 23.5 Å². The van der Waals surface area contributed by atoms with Gasteiger partial charge in [-0.3, -0.25) is 4.79 Å². The van der Waals surface area contributed by atoms with E-state index in [0.29, 0.717) is 16.3 Å². The molecular formula is C18H12F3N3O3S2. The van der Waals surface area contributed by atoms with E-state index in [2.05, 4.69) is 10.9 Å². The Morgan fingerprint density at radius 1 is 1.24 bits per heavy atom. The first-order valence-electron chi connectivity index (χ1n) is 7.86. The molecule has 3 aromatic rings. The lowest BCUT2D eigenvalue weighted by molar-refractivity contribution is -0.137. The number of hydrogen-bond donors (Lipinski definition) is 1. The van der Waals surface area contributed by atoms with Crippen molar-refractivity contribution in [3.8, 4) is 12.3 Å². The number of thiazole rings is 1. The molecule has 0 saturated heterocycles.